The Morgan fingerprint density at radius 2 is 1.38 bits per heavy atom. The van der Waals surface area contributed by atoms with Crippen molar-refractivity contribution >= 4 is 5.97 Å². The third-order valence-electron chi connectivity index (χ3n) is 3.82. The lowest BCUT2D eigenvalue weighted by Crippen LogP contribution is -2.44. The number of hydrogen-bond donors (Lipinski definition) is 2. The van der Waals surface area contributed by atoms with Crippen molar-refractivity contribution in [2.45, 2.75) is 31.6 Å². The first-order chi connectivity index (χ1) is 11.2. The van der Waals surface area contributed by atoms with E-state index < -0.39 is 35.4 Å². The van der Waals surface area contributed by atoms with Crippen LogP contribution >= 0.6 is 0 Å². The molecular weight excluding hydrogens is 316 g/mol. The molecule has 2 atom stereocenters. The summed E-state index contributed by atoms with van der Waals surface area (Å²) in [7, 11) is 0. The molecule has 2 rings (SSSR count). The number of rotatable bonds is 5. The quantitative estimate of drug-likeness (QED) is 0.824. The first-order valence-corrected chi connectivity index (χ1v) is 7.45. The van der Waals surface area contributed by atoms with E-state index in [1.54, 1.807) is 0 Å². The van der Waals surface area contributed by atoms with Crippen LogP contribution in [-0.4, -0.2) is 23.2 Å². The van der Waals surface area contributed by atoms with Gasteiger partial charge in [-0.1, -0.05) is 24.3 Å². The van der Waals surface area contributed by atoms with Gasteiger partial charge in [-0.25, -0.2) is 8.78 Å². The van der Waals surface area contributed by atoms with Crippen molar-refractivity contribution in [2.24, 2.45) is 5.73 Å². The fraction of sp³-hybridized carbons (Fsp3) is 0.278. The van der Waals surface area contributed by atoms with E-state index in [2.05, 4.69) is 0 Å². The van der Waals surface area contributed by atoms with Crippen LogP contribution < -0.4 is 5.73 Å². The lowest BCUT2D eigenvalue weighted by atomic mass is 9.82. The van der Waals surface area contributed by atoms with Gasteiger partial charge in [-0.3, -0.25) is 4.79 Å². The molecule has 0 aliphatic heterocycles. The van der Waals surface area contributed by atoms with Crippen LogP contribution in [0.4, 0.5) is 8.78 Å². The maximum atomic E-state index is 13.2. The average Bonchev–Trinajstić information content (AvgIpc) is 2.55. The second kappa shape index (κ2) is 7.07. The Bertz CT molecular complexity index is 654. The third-order valence-corrected chi connectivity index (χ3v) is 3.82. The second-order valence-electron chi connectivity index (χ2n) is 5.65. The fourth-order valence-corrected chi connectivity index (χ4v) is 2.41. The molecule has 2 aromatic carbocycles. The van der Waals surface area contributed by atoms with Crippen molar-refractivity contribution in [1.82, 2.24) is 0 Å². The summed E-state index contributed by atoms with van der Waals surface area (Å²) in [5.74, 6) is -1.63. The van der Waals surface area contributed by atoms with Crippen molar-refractivity contribution in [3.8, 4) is 0 Å². The highest BCUT2D eigenvalue weighted by Gasteiger charge is 2.40. The number of carbonyl (C=O) groups is 1. The molecule has 0 aliphatic carbocycles. The van der Waals surface area contributed by atoms with Crippen LogP contribution in [0.3, 0.4) is 0 Å². The summed E-state index contributed by atoms with van der Waals surface area (Å²) >= 11 is 0. The first kappa shape index (κ1) is 18.0. The average molecular weight is 335 g/mol. The van der Waals surface area contributed by atoms with Gasteiger partial charge in [0.05, 0.1) is 0 Å². The zero-order valence-electron chi connectivity index (χ0n) is 13.4. The number of aliphatic hydroxyl groups is 1. The highest BCUT2D eigenvalue weighted by atomic mass is 19.1. The van der Waals surface area contributed by atoms with E-state index in [4.69, 9.17) is 10.5 Å². The summed E-state index contributed by atoms with van der Waals surface area (Å²) in [6.07, 6.45) is -1.04. The number of nitrogens with two attached hydrogens (primary N) is 1. The van der Waals surface area contributed by atoms with Crippen LogP contribution in [-0.2, 0) is 15.1 Å². The number of carbonyl (C=O) groups excluding carboxylic acids is 1. The topological polar surface area (TPSA) is 72.6 Å². The largest absolute Gasteiger partial charge is 0.458 e. The summed E-state index contributed by atoms with van der Waals surface area (Å²) in [6, 6.07) is 9.41. The number of ether oxygens (including phenoxy) is 1. The van der Waals surface area contributed by atoms with Gasteiger partial charge in [0.1, 0.15) is 23.8 Å². The monoisotopic (exact) mass is 335 g/mol. The van der Waals surface area contributed by atoms with Gasteiger partial charge in [-0.05, 0) is 49.2 Å². The summed E-state index contributed by atoms with van der Waals surface area (Å²) < 4.78 is 31.7. The minimum absolute atomic E-state index is 0.306. The number of hydrogen-bond acceptors (Lipinski definition) is 4. The van der Waals surface area contributed by atoms with Crippen LogP contribution in [0.25, 0.3) is 0 Å². The predicted octanol–water partition coefficient (Wildman–Crippen LogP) is 2.48. The van der Waals surface area contributed by atoms with E-state index in [9.17, 15) is 18.7 Å². The van der Waals surface area contributed by atoms with E-state index in [0.717, 1.165) is 0 Å². The Labute approximate surface area is 138 Å². The number of benzene rings is 2. The zero-order chi connectivity index (χ0) is 17.9. The minimum Gasteiger partial charge on any atom is -0.458 e. The van der Waals surface area contributed by atoms with Crippen molar-refractivity contribution in [3.05, 3.63) is 71.3 Å². The SMILES string of the molecule is C[C@H](N)C(=O)O[C@@H](C)C(O)(c1ccc(F)cc1)c1ccc(F)cc1. The van der Waals surface area contributed by atoms with Crippen molar-refractivity contribution in [3.63, 3.8) is 0 Å². The van der Waals surface area contributed by atoms with Gasteiger partial charge in [-0.15, -0.1) is 0 Å². The van der Waals surface area contributed by atoms with Gasteiger partial charge in [0, 0.05) is 0 Å². The molecule has 0 amide bonds. The van der Waals surface area contributed by atoms with Crippen LogP contribution in [0.1, 0.15) is 25.0 Å². The van der Waals surface area contributed by atoms with E-state index in [0.29, 0.717) is 11.1 Å². The first-order valence-electron chi connectivity index (χ1n) is 7.45. The van der Waals surface area contributed by atoms with Gasteiger partial charge in [0.15, 0.2) is 5.60 Å². The third kappa shape index (κ3) is 3.60. The molecule has 0 heterocycles. The normalized spacial score (nSPS) is 14.1. The van der Waals surface area contributed by atoms with Gasteiger partial charge in [-0.2, -0.15) is 0 Å². The summed E-state index contributed by atoms with van der Waals surface area (Å²) in [6.45, 7) is 2.96. The van der Waals surface area contributed by atoms with Crippen LogP contribution in [0, 0.1) is 11.6 Å². The predicted molar refractivity (Wildman–Crippen MR) is 85.0 cm³/mol. The van der Waals surface area contributed by atoms with Crippen LogP contribution in [0.15, 0.2) is 48.5 Å². The molecule has 2 aromatic rings. The molecule has 0 saturated heterocycles. The maximum Gasteiger partial charge on any atom is 0.323 e. The smallest absolute Gasteiger partial charge is 0.323 e. The molecule has 24 heavy (non-hydrogen) atoms. The molecule has 3 N–H and O–H groups in total. The van der Waals surface area contributed by atoms with E-state index in [-0.39, 0.29) is 0 Å². The van der Waals surface area contributed by atoms with E-state index in [1.165, 1.54) is 62.4 Å². The maximum absolute atomic E-state index is 13.2. The van der Waals surface area contributed by atoms with Gasteiger partial charge in [0.2, 0.25) is 0 Å². The van der Waals surface area contributed by atoms with E-state index in [1.807, 2.05) is 0 Å². The van der Waals surface area contributed by atoms with Crippen LogP contribution in [0.5, 0.6) is 0 Å². The lowest BCUT2D eigenvalue weighted by Gasteiger charge is -2.35. The van der Waals surface area contributed by atoms with Gasteiger partial charge in [0.25, 0.3) is 0 Å². The Hall–Kier alpha value is -2.31. The summed E-state index contributed by atoms with van der Waals surface area (Å²) in [5.41, 5.74) is 4.32. The highest BCUT2D eigenvalue weighted by molar-refractivity contribution is 5.75. The van der Waals surface area contributed by atoms with Crippen molar-refractivity contribution < 1.29 is 23.4 Å². The standard InChI is InChI=1S/C18H19F2NO3/c1-11(21)17(22)24-12(2)18(23,13-3-7-15(19)8-4-13)14-5-9-16(20)10-6-14/h3-12,23H,21H2,1-2H3/t11-,12-/m0/s1. The molecule has 0 saturated carbocycles. The molecule has 0 aliphatic rings. The molecule has 6 heteroatoms. The summed E-state index contributed by atoms with van der Waals surface area (Å²) in [4.78, 5) is 11.8. The molecule has 4 nitrogen and oxygen atoms in total. The van der Waals surface area contributed by atoms with Crippen molar-refractivity contribution in [2.75, 3.05) is 0 Å². The van der Waals surface area contributed by atoms with E-state index >= 15 is 0 Å². The fourth-order valence-electron chi connectivity index (χ4n) is 2.41. The zero-order valence-corrected chi connectivity index (χ0v) is 13.4. The highest BCUT2D eigenvalue weighted by Crippen LogP contribution is 2.35. The lowest BCUT2D eigenvalue weighted by molar-refractivity contribution is -0.161. The number of halogens is 2. The molecule has 128 valence electrons. The second-order valence-corrected chi connectivity index (χ2v) is 5.65. The Balaban J connectivity index is 2.49. The Kier molecular flexibility index (Phi) is 5.31. The molecule has 0 fully saturated rings. The molecule has 0 unspecified atom stereocenters. The molecule has 0 radical (unpaired) electrons. The molecule has 0 bridgehead atoms. The Morgan fingerprint density at radius 3 is 1.71 bits per heavy atom. The van der Waals surface area contributed by atoms with Gasteiger partial charge < -0.3 is 15.6 Å². The van der Waals surface area contributed by atoms with Gasteiger partial charge >= 0.3 is 5.97 Å². The Morgan fingerprint density at radius 1 is 1.00 bits per heavy atom. The van der Waals surface area contributed by atoms with Crippen molar-refractivity contribution in [1.29, 1.82) is 0 Å². The minimum atomic E-state index is -1.79. The number of esters is 1. The molecule has 0 spiro atoms. The molecule has 0 aromatic heterocycles. The molecular formula is C18H19F2NO3. The van der Waals surface area contributed by atoms with Crippen LogP contribution in [0.2, 0.25) is 0 Å². The summed E-state index contributed by atoms with van der Waals surface area (Å²) in [5, 5.41) is 11.3.